The fourth-order valence-electron chi connectivity index (χ4n) is 1.41. The van der Waals surface area contributed by atoms with Crippen LogP contribution >= 0.6 is 0 Å². The van der Waals surface area contributed by atoms with Gasteiger partial charge in [-0.25, -0.2) is 0 Å². The zero-order valence-corrected chi connectivity index (χ0v) is 8.17. The molecule has 0 spiro atoms. The first kappa shape index (κ1) is 9.27. The second-order valence-corrected chi connectivity index (χ2v) is 3.88. The van der Waals surface area contributed by atoms with Gasteiger partial charge in [-0.1, -0.05) is 0 Å². The minimum atomic E-state index is -0.137. The lowest BCUT2D eigenvalue weighted by molar-refractivity contribution is 0.0932. The van der Waals surface area contributed by atoms with Gasteiger partial charge in [0, 0.05) is 6.54 Å². The van der Waals surface area contributed by atoms with Crippen LogP contribution in [-0.2, 0) is 0 Å². The van der Waals surface area contributed by atoms with Crippen LogP contribution in [-0.4, -0.2) is 18.0 Å². The number of carbonyl (C=O) groups excluding carboxylic acids is 1. The highest BCUT2D eigenvalue weighted by Crippen LogP contribution is 2.34. The molecule has 4 heteroatoms. The van der Waals surface area contributed by atoms with Crippen LogP contribution in [0.3, 0.4) is 0 Å². The first-order valence-electron chi connectivity index (χ1n) is 4.73. The van der Waals surface area contributed by atoms with Gasteiger partial charge in [0.2, 0.25) is 0 Å². The molecule has 1 fully saturated rings. The lowest BCUT2D eigenvalue weighted by Crippen LogP contribution is -2.42. The van der Waals surface area contributed by atoms with E-state index in [1.54, 1.807) is 6.07 Å². The van der Waals surface area contributed by atoms with Crippen molar-refractivity contribution in [1.29, 1.82) is 0 Å². The highest BCUT2D eigenvalue weighted by Gasteiger charge is 2.42. The Hall–Kier alpha value is -1.29. The predicted molar refractivity (Wildman–Crippen MR) is 51.9 cm³/mol. The molecule has 1 saturated carbocycles. The second kappa shape index (κ2) is 3.13. The molecule has 76 valence electrons. The Kier molecular flexibility index (Phi) is 2.07. The largest absolute Gasteiger partial charge is 0.469 e. The predicted octanol–water partition coefficient (Wildman–Crippen LogP) is 0.809. The van der Waals surface area contributed by atoms with Gasteiger partial charge in [-0.05, 0) is 25.8 Å². The van der Waals surface area contributed by atoms with E-state index >= 15 is 0 Å². The SMILES string of the molecule is Cc1cc(C(=O)NC2(CN)CC2)co1. The molecule has 0 bridgehead atoms. The van der Waals surface area contributed by atoms with E-state index in [1.165, 1.54) is 6.26 Å². The molecule has 1 aromatic heterocycles. The first-order valence-corrected chi connectivity index (χ1v) is 4.73. The molecule has 2 rings (SSSR count). The number of hydrogen-bond acceptors (Lipinski definition) is 3. The summed E-state index contributed by atoms with van der Waals surface area (Å²) < 4.78 is 5.06. The Morgan fingerprint density at radius 2 is 2.43 bits per heavy atom. The molecule has 4 nitrogen and oxygen atoms in total. The summed E-state index contributed by atoms with van der Waals surface area (Å²) in [4.78, 5) is 11.6. The van der Waals surface area contributed by atoms with Crippen LogP contribution in [0.15, 0.2) is 16.7 Å². The maximum atomic E-state index is 11.6. The van der Waals surface area contributed by atoms with Crippen molar-refractivity contribution in [2.45, 2.75) is 25.3 Å². The van der Waals surface area contributed by atoms with Gasteiger partial charge in [0.1, 0.15) is 12.0 Å². The molecular formula is C10H14N2O2. The highest BCUT2D eigenvalue weighted by molar-refractivity contribution is 5.94. The Balaban J connectivity index is 2.03. The van der Waals surface area contributed by atoms with Crippen LogP contribution < -0.4 is 11.1 Å². The number of nitrogens with one attached hydrogen (secondary N) is 1. The number of nitrogens with two attached hydrogens (primary N) is 1. The zero-order valence-electron chi connectivity index (χ0n) is 8.17. The summed E-state index contributed by atoms with van der Waals surface area (Å²) in [6.45, 7) is 2.32. The Labute approximate surface area is 82.5 Å². The molecule has 0 atom stereocenters. The summed E-state index contributed by atoms with van der Waals surface area (Å²) in [6, 6.07) is 1.72. The van der Waals surface area contributed by atoms with Crippen molar-refractivity contribution in [2.75, 3.05) is 6.54 Å². The van der Waals surface area contributed by atoms with Gasteiger partial charge in [-0.15, -0.1) is 0 Å². The van der Waals surface area contributed by atoms with E-state index < -0.39 is 0 Å². The quantitative estimate of drug-likeness (QED) is 0.748. The number of amides is 1. The number of hydrogen-bond donors (Lipinski definition) is 2. The molecule has 1 aromatic rings. The van der Waals surface area contributed by atoms with Crippen molar-refractivity contribution >= 4 is 5.91 Å². The van der Waals surface area contributed by atoms with Crippen molar-refractivity contribution in [3.8, 4) is 0 Å². The van der Waals surface area contributed by atoms with E-state index in [-0.39, 0.29) is 11.4 Å². The van der Waals surface area contributed by atoms with Crippen molar-refractivity contribution in [3.05, 3.63) is 23.7 Å². The van der Waals surface area contributed by atoms with Gasteiger partial charge in [0.05, 0.1) is 11.1 Å². The monoisotopic (exact) mass is 194 g/mol. The van der Waals surface area contributed by atoms with Crippen LogP contribution in [0.4, 0.5) is 0 Å². The summed E-state index contributed by atoms with van der Waals surface area (Å²) in [5, 5.41) is 2.92. The molecule has 3 N–H and O–H groups in total. The number of aryl methyl sites for hydroxylation is 1. The first-order chi connectivity index (χ1) is 6.65. The lowest BCUT2D eigenvalue weighted by atomic mass is 10.2. The van der Waals surface area contributed by atoms with E-state index in [9.17, 15) is 4.79 Å². The van der Waals surface area contributed by atoms with Crippen LogP contribution in [0.25, 0.3) is 0 Å². The number of carbonyl (C=O) groups is 1. The topological polar surface area (TPSA) is 68.3 Å². The minimum absolute atomic E-state index is 0.0928. The summed E-state index contributed by atoms with van der Waals surface area (Å²) in [5.74, 6) is 0.651. The summed E-state index contributed by atoms with van der Waals surface area (Å²) in [7, 11) is 0. The van der Waals surface area contributed by atoms with E-state index in [4.69, 9.17) is 10.2 Å². The van der Waals surface area contributed by atoms with E-state index in [0.717, 1.165) is 18.6 Å². The average molecular weight is 194 g/mol. The van der Waals surface area contributed by atoms with Crippen molar-refractivity contribution < 1.29 is 9.21 Å². The van der Waals surface area contributed by atoms with Gasteiger partial charge in [0.15, 0.2) is 0 Å². The summed E-state index contributed by atoms with van der Waals surface area (Å²) >= 11 is 0. The molecule has 14 heavy (non-hydrogen) atoms. The third kappa shape index (κ3) is 1.65. The fourth-order valence-corrected chi connectivity index (χ4v) is 1.41. The third-order valence-electron chi connectivity index (χ3n) is 2.62. The van der Waals surface area contributed by atoms with E-state index in [1.807, 2.05) is 6.92 Å². The van der Waals surface area contributed by atoms with Gasteiger partial charge < -0.3 is 15.5 Å². The molecule has 1 heterocycles. The van der Waals surface area contributed by atoms with Gasteiger partial charge in [-0.2, -0.15) is 0 Å². The van der Waals surface area contributed by atoms with Crippen molar-refractivity contribution in [1.82, 2.24) is 5.32 Å². The summed E-state index contributed by atoms with van der Waals surface area (Å²) in [6.07, 6.45) is 3.43. The normalized spacial score (nSPS) is 17.9. The third-order valence-corrected chi connectivity index (χ3v) is 2.62. The molecule has 1 aliphatic rings. The molecule has 0 aliphatic heterocycles. The molecule has 0 aromatic carbocycles. The molecular weight excluding hydrogens is 180 g/mol. The van der Waals surface area contributed by atoms with Crippen LogP contribution in [0.5, 0.6) is 0 Å². The zero-order chi connectivity index (χ0) is 10.2. The Morgan fingerprint density at radius 1 is 1.71 bits per heavy atom. The highest BCUT2D eigenvalue weighted by atomic mass is 16.3. The Morgan fingerprint density at radius 3 is 2.86 bits per heavy atom. The number of furan rings is 1. The Bertz CT molecular complexity index is 353. The van der Waals surface area contributed by atoms with Gasteiger partial charge in [-0.3, -0.25) is 4.79 Å². The molecule has 0 unspecified atom stereocenters. The maximum Gasteiger partial charge on any atom is 0.255 e. The standard InChI is InChI=1S/C10H14N2O2/c1-7-4-8(5-14-7)9(13)12-10(6-11)2-3-10/h4-5H,2-3,6,11H2,1H3,(H,12,13). The average Bonchev–Trinajstić information content (AvgIpc) is 2.80. The van der Waals surface area contributed by atoms with Crippen molar-refractivity contribution in [3.63, 3.8) is 0 Å². The fraction of sp³-hybridized carbons (Fsp3) is 0.500. The second-order valence-electron chi connectivity index (χ2n) is 3.88. The number of rotatable bonds is 3. The van der Waals surface area contributed by atoms with E-state index in [0.29, 0.717) is 12.1 Å². The van der Waals surface area contributed by atoms with E-state index in [2.05, 4.69) is 5.32 Å². The lowest BCUT2D eigenvalue weighted by Gasteiger charge is -2.13. The molecule has 0 radical (unpaired) electrons. The molecule has 1 amide bonds. The van der Waals surface area contributed by atoms with Crippen LogP contribution in [0.1, 0.15) is 29.0 Å². The molecule has 0 saturated heterocycles. The van der Waals surface area contributed by atoms with Crippen LogP contribution in [0.2, 0.25) is 0 Å². The smallest absolute Gasteiger partial charge is 0.255 e. The van der Waals surface area contributed by atoms with Gasteiger partial charge in [0.25, 0.3) is 5.91 Å². The molecule has 1 aliphatic carbocycles. The van der Waals surface area contributed by atoms with Crippen molar-refractivity contribution in [2.24, 2.45) is 5.73 Å². The summed E-state index contributed by atoms with van der Waals surface area (Å²) in [5.41, 5.74) is 6.00. The van der Waals surface area contributed by atoms with Gasteiger partial charge >= 0.3 is 0 Å². The van der Waals surface area contributed by atoms with Crippen LogP contribution in [0, 0.1) is 6.92 Å². The maximum absolute atomic E-state index is 11.6. The minimum Gasteiger partial charge on any atom is -0.469 e.